The first-order valence-electron chi connectivity index (χ1n) is 10.8. The average molecular weight is 466 g/mol. The highest BCUT2D eigenvalue weighted by atomic mass is 35.5. The molecule has 1 heterocycles. The zero-order chi connectivity index (χ0) is 23.2. The first-order chi connectivity index (χ1) is 16.1. The predicted octanol–water partition coefficient (Wildman–Crippen LogP) is 4.79. The molecule has 7 heteroatoms. The van der Waals surface area contributed by atoms with Gasteiger partial charge < -0.3 is 14.7 Å². The van der Waals surface area contributed by atoms with Crippen molar-refractivity contribution >= 4 is 17.3 Å². The third kappa shape index (κ3) is 5.63. The van der Waals surface area contributed by atoms with Crippen LogP contribution in [0.1, 0.15) is 22.7 Å². The van der Waals surface area contributed by atoms with Crippen LogP contribution in [0.5, 0.6) is 5.75 Å². The number of nitrogens with zero attached hydrogens (tertiary/aromatic N) is 3. The summed E-state index contributed by atoms with van der Waals surface area (Å²) in [6.45, 7) is 3.23. The second-order valence-electron chi connectivity index (χ2n) is 7.99. The number of halogens is 2. The number of aliphatic hydroxyl groups is 1. The van der Waals surface area contributed by atoms with Crippen LogP contribution < -0.4 is 9.64 Å². The van der Waals surface area contributed by atoms with Gasteiger partial charge in [-0.2, -0.15) is 5.26 Å². The summed E-state index contributed by atoms with van der Waals surface area (Å²) in [5, 5.41) is 18.6. The van der Waals surface area contributed by atoms with E-state index in [0.717, 1.165) is 43.0 Å². The zero-order valence-corrected chi connectivity index (χ0v) is 18.9. The van der Waals surface area contributed by atoms with E-state index >= 15 is 0 Å². The van der Waals surface area contributed by atoms with Crippen LogP contribution in [-0.2, 0) is 6.54 Å². The molecule has 3 aromatic rings. The van der Waals surface area contributed by atoms with E-state index in [4.69, 9.17) is 26.7 Å². The van der Waals surface area contributed by atoms with E-state index < -0.39 is 0 Å². The van der Waals surface area contributed by atoms with Gasteiger partial charge >= 0.3 is 0 Å². The molecule has 0 aliphatic carbocycles. The fourth-order valence-electron chi connectivity index (χ4n) is 4.16. The van der Waals surface area contributed by atoms with Crippen molar-refractivity contribution in [2.75, 3.05) is 37.7 Å². The van der Waals surface area contributed by atoms with Crippen LogP contribution in [-0.4, -0.2) is 42.9 Å². The lowest BCUT2D eigenvalue weighted by molar-refractivity contribution is 0.201. The van der Waals surface area contributed by atoms with Gasteiger partial charge in [0.25, 0.3) is 0 Å². The van der Waals surface area contributed by atoms with Crippen molar-refractivity contribution in [3.63, 3.8) is 0 Å². The van der Waals surface area contributed by atoms with Gasteiger partial charge in [-0.25, -0.2) is 4.39 Å². The van der Waals surface area contributed by atoms with Crippen molar-refractivity contribution in [3.8, 4) is 11.8 Å². The molecule has 0 unspecified atom stereocenters. The van der Waals surface area contributed by atoms with E-state index in [0.29, 0.717) is 16.3 Å². The first kappa shape index (κ1) is 23.1. The lowest BCUT2D eigenvalue weighted by atomic mass is 10.0. The number of ether oxygens (including phenoxy) is 1. The monoisotopic (exact) mass is 465 g/mol. The van der Waals surface area contributed by atoms with Crippen molar-refractivity contribution < 1.29 is 14.2 Å². The second kappa shape index (κ2) is 10.7. The third-order valence-electron chi connectivity index (χ3n) is 5.80. The van der Waals surface area contributed by atoms with E-state index in [1.807, 2.05) is 48.5 Å². The number of benzene rings is 3. The van der Waals surface area contributed by atoms with Gasteiger partial charge in [0.15, 0.2) is 0 Å². The van der Waals surface area contributed by atoms with E-state index in [1.54, 1.807) is 6.07 Å². The Labute approximate surface area is 198 Å². The normalized spacial score (nSPS) is 16.4. The zero-order valence-electron chi connectivity index (χ0n) is 18.1. The van der Waals surface area contributed by atoms with Gasteiger partial charge in [-0.15, -0.1) is 0 Å². The molecule has 0 spiro atoms. The molecule has 0 amide bonds. The fraction of sp³-hybridized carbons (Fsp3) is 0.269. The smallest absolute Gasteiger partial charge is 0.123 e. The molecule has 0 aromatic heterocycles. The summed E-state index contributed by atoms with van der Waals surface area (Å²) in [4.78, 5) is 4.61. The summed E-state index contributed by atoms with van der Waals surface area (Å²) in [5.41, 5.74) is 3.69. The Kier molecular flexibility index (Phi) is 7.46. The van der Waals surface area contributed by atoms with Gasteiger partial charge in [0, 0.05) is 32.2 Å². The van der Waals surface area contributed by atoms with Gasteiger partial charge in [0.1, 0.15) is 18.2 Å². The maximum absolute atomic E-state index is 13.6. The minimum atomic E-state index is -0.265. The molecule has 4 rings (SSSR count). The molecule has 0 radical (unpaired) electrons. The Balaban J connectivity index is 1.58. The summed E-state index contributed by atoms with van der Waals surface area (Å²) >= 11 is 6.63. The Morgan fingerprint density at radius 2 is 1.82 bits per heavy atom. The SMILES string of the molecule is N#Cc1ccc(CN2CCN(c3ccc(OCCO)cc3Cl)[C@H](c3ccc(F)cc3)C2)cc1. The third-order valence-corrected chi connectivity index (χ3v) is 6.10. The van der Waals surface area contributed by atoms with E-state index in [2.05, 4.69) is 15.9 Å². The number of hydrogen-bond acceptors (Lipinski definition) is 5. The van der Waals surface area contributed by atoms with Crippen molar-refractivity contribution in [2.45, 2.75) is 12.6 Å². The lowest BCUT2D eigenvalue weighted by Crippen LogP contribution is -2.48. The van der Waals surface area contributed by atoms with Crippen LogP contribution in [0.15, 0.2) is 66.7 Å². The van der Waals surface area contributed by atoms with Crippen molar-refractivity contribution in [2.24, 2.45) is 0 Å². The highest BCUT2D eigenvalue weighted by Crippen LogP contribution is 2.37. The summed E-state index contributed by atoms with van der Waals surface area (Å²) in [7, 11) is 0. The molecular weight excluding hydrogens is 441 g/mol. The highest BCUT2D eigenvalue weighted by Gasteiger charge is 2.30. The fourth-order valence-corrected chi connectivity index (χ4v) is 4.44. The van der Waals surface area contributed by atoms with Crippen molar-refractivity contribution in [1.82, 2.24) is 4.90 Å². The number of piperazine rings is 1. The number of nitriles is 1. The predicted molar refractivity (Wildman–Crippen MR) is 127 cm³/mol. The highest BCUT2D eigenvalue weighted by molar-refractivity contribution is 6.33. The van der Waals surface area contributed by atoms with E-state index in [1.165, 1.54) is 12.1 Å². The van der Waals surface area contributed by atoms with Crippen LogP contribution in [0.4, 0.5) is 10.1 Å². The van der Waals surface area contributed by atoms with Crippen LogP contribution >= 0.6 is 11.6 Å². The largest absolute Gasteiger partial charge is 0.491 e. The van der Waals surface area contributed by atoms with Gasteiger partial charge in [-0.1, -0.05) is 35.9 Å². The van der Waals surface area contributed by atoms with Gasteiger partial charge in [0.05, 0.1) is 35.0 Å². The average Bonchev–Trinajstić information content (AvgIpc) is 2.84. The lowest BCUT2D eigenvalue weighted by Gasteiger charge is -2.43. The number of aliphatic hydroxyl groups excluding tert-OH is 1. The molecule has 1 fully saturated rings. The quantitative estimate of drug-likeness (QED) is 0.544. The Morgan fingerprint density at radius 3 is 2.48 bits per heavy atom. The number of anilines is 1. The van der Waals surface area contributed by atoms with Crippen LogP contribution in [0, 0.1) is 17.1 Å². The summed E-state index contributed by atoms with van der Waals surface area (Å²) in [5.74, 6) is 0.342. The van der Waals surface area contributed by atoms with Gasteiger partial charge in [-0.3, -0.25) is 4.90 Å². The van der Waals surface area contributed by atoms with E-state index in [9.17, 15) is 4.39 Å². The minimum absolute atomic E-state index is 0.0144. The van der Waals surface area contributed by atoms with Crippen LogP contribution in [0.2, 0.25) is 5.02 Å². The van der Waals surface area contributed by atoms with E-state index in [-0.39, 0.29) is 25.1 Å². The van der Waals surface area contributed by atoms with Crippen molar-refractivity contribution in [1.29, 1.82) is 5.26 Å². The topological polar surface area (TPSA) is 59.7 Å². The molecule has 1 N–H and O–H groups in total. The van der Waals surface area contributed by atoms with Crippen LogP contribution in [0.25, 0.3) is 0 Å². The molecule has 1 atom stereocenters. The molecule has 1 aliphatic heterocycles. The van der Waals surface area contributed by atoms with Gasteiger partial charge in [-0.05, 0) is 47.5 Å². The maximum Gasteiger partial charge on any atom is 0.123 e. The van der Waals surface area contributed by atoms with Crippen molar-refractivity contribution in [3.05, 3.63) is 94.3 Å². The summed E-state index contributed by atoms with van der Waals surface area (Å²) < 4.78 is 19.1. The standard InChI is InChI=1S/C26H25ClFN3O2/c27-24-15-23(33-14-13-32)9-10-25(24)31-12-11-30(17-20-3-1-19(16-29)2-4-20)18-26(31)21-5-7-22(28)8-6-21/h1-10,15,26,32H,11-14,17-18H2/t26-/m0/s1. The molecule has 5 nitrogen and oxygen atoms in total. The summed E-state index contributed by atoms with van der Waals surface area (Å²) in [6, 6.07) is 21.9. The molecule has 0 saturated carbocycles. The Bertz CT molecular complexity index is 1120. The maximum atomic E-state index is 13.6. The van der Waals surface area contributed by atoms with Crippen LogP contribution in [0.3, 0.4) is 0 Å². The second-order valence-corrected chi connectivity index (χ2v) is 8.40. The minimum Gasteiger partial charge on any atom is -0.491 e. The molecule has 0 bridgehead atoms. The first-order valence-corrected chi connectivity index (χ1v) is 11.2. The molecule has 3 aromatic carbocycles. The van der Waals surface area contributed by atoms with Gasteiger partial charge in [0.2, 0.25) is 0 Å². The molecule has 1 aliphatic rings. The Morgan fingerprint density at radius 1 is 1.06 bits per heavy atom. The molecule has 170 valence electrons. The Hall–Kier alpha value is -3.11. The molecular formula is C26H25ClFN3O2. The molecule has 33 heavy (non-hydrogen) atoms. The molecule has 1 saturated heterocycles. The number of rotatable bonds is 7. The summed E-state index contributed by atoms with van der Waals surface area (Å²) in [6.07, 6.45) is 0. The number of hydrogen-bond donors (Lipinski definition) is 1.